The number of piperidine rings is 1. The Bertz CT molecular complexity index is 964. The van der Waals surface area contributed by atoms with E-state index in [9.17, 15) is 9.90 Å². The molecule has 0 bridgehead atoms. The molecule has 1 saturated heterocycles. The number of nitrogens with zero attached hydrogens (tertiary/aromatic N) is 3. The number of carbonyl (C=O) groups is 1. The molecule has 1 unspecified atom stereocenters. The zero-order valence-electron chi connectivity index (χ0n) is 16.8. The Hall–Kier alpha value is -2.92. The summed E-state index contributed by atoms with van der Waals surface area (Å²) in [5.74, 6) is -0.959. The predicted octanol–water partition coefficient (Wildman–Crippen LogP) is 4.20. The Labute approximate surface area is 171 Å². The van der Waals surface area contributed by atoms with Gasteiger partial charge in [-0.1, -0.05) is 60.2 Å². The standard InChI is InChI=1S/C24H27N3O2/c1-18-9-11-20(12-10-18)23-22(16-26-13-5-8-21(15-26)24(28)29)17-27(25-23)14-19-6-3-2-4-7-19/h2-4,6-7,9-12,17,21H,5,8,13-16H2,1H3,(H,28,29). The molecule has 1 aliphatic rings. The summed E-state index contributed by atoms with van der Waals surface area (Å²) in [5.41, 5.74) is 5.67. The fourth-order valence-corrected chi connectivity index (χ4v) is 4.03. The summed E-state index contributed by atoms with van der Waals surface area (Å²) in [6.07, 6.45) is 3.81. The van der Waals surface area contributed by atoms with E-state index in [4.69, 9.17) is 5.10 Å². The molecule has 1 atom stereocenters. The predicted molar refractivity (Wildman–Crippen MR) is 114 cm³/mol. The lowest BCUT2D eigenvalue weighted by atomic mass is 9.97. The molecular weight excluding hydrogens is 362 g/mol. The molecule has 0 spiro atoms. The van der Waals surface area contributed by atoms with Crippen LogP contribution >= 0.6 is 0 Å². The van der Waals surface area contributed by atoms with Gasteiger partial charge in [0.15, 0.2) is 0 Å². The molecule has 0 saturated carbocycles. The molecule has 0 amide bonds. The number of rotatable bonds is 6. The molecule has 29 heavy (non-hydrogen) atoms. The second kappa shape index (κ2) is 8.62. The van der Waals surface area contributed by atoms with Gasteiger partial charge in [-0.3, -0.25) is 14.4 Å². The van der Waals surface area contributed by atoms with E-state index in [0.29, 0.717) is 6.54 Å². The smallest absolute Gasteiger partial charge is 0.307 e. The molecule has 2 aromatic carbocycles. The number of aromatic nitrogens is 2. The van der Waals surface area contributed by atoms with Crippen molar-refractivity contribution in [2.24, 2.45) is 5.92 Å². The van der Waals surface area contributed by atoms with Gasteiger partial charge in [0.1, 0.15) is 0 Å². The number of aryl methyl sites for hydroxylation is 1. The lowest BCUT2D eigenvalue weighted by Gasteiger charge is -2.30. The quantitative estimate of drug-likeness (QED) is 0.686. The number of likely N-dealkylation sites (tertiary alicyclic amines) is 1. The summed E-state index contributed by atoms with van der Waals surface area (Å²) in [6, 6.07) is 18.8. The average Bonchev–Trinajstić information content (AvgIpc) is 3.11. The molecule has 150 valence electrons. The lowest BCUT2D eigenvalue weighted by molar-refractivity contribution is -0.143. The average molecular weight is 389 g/mol. The molecule has 1 fully saturated rings. The van der Waals surface area contributed by atoms with Gasteiger partial charge in [-0.2, -0.15) is 5.10 Å². The van der Waals surface area contributed by atoms with Crippen LogP contribution in [0.15, 0.2) is 60.8 Å². The second-order valence-electron chi connectivity index (χ2n) is 7.96. The van der Waals surface area contributed by atoms with Crippen LogP contribution in [0.25, 0.3) is 11.3 Å². The highest BCUT2D eigenvalue weighted by atomic mass is 16.4. The first-order chi connectivity index (χ1) is 14.1. The van der Waals surface area contributed by atoms with Crippen molar-refractivity contribution >= 4 is 5.97 Å². The Balaban J connectivity index is 1.61. The van der Waals surface area contributed by atoms with Crippen LogP contribution in [0.2, 0.25) is 0 Å². The van der Waals surface area contributed by atoms with Crippen molar-refractivity contribution in [1.29, 1.82) is 0 Å². The fourth-order valence-electron chi connectivity index (χ4n) is 4.03. The van der Waals surface area contributed by atoms with Crippen LogP contribution in [0, 0.1) is 12.8 Å². The van der Waals surface area contributed by atoms with Gasteiger partial charge in [0.2, 0.25) is 0 Å². The van der Waals surface area contributed by atoms with Gasteiger partial charge in [0, 0.05) is 30.4 Å². The topological polar surface area (TPSA) is 58.4 Å². The largest absolute Gasteiger partial charge is 0.481 e. The highest BCUT2D eigenvalue weighted by Crippen LogP contribution is 2.26. The number of benzene rings is 2. The Morgan fingerprint density at radius 3 is 2.59 bits per heavy atom. The van der Waals surface area contributed by atoms with E-state index >= 15 is 0 Å². The summed E-state index contributed by atoms with van der Waals surface area (Å²) in [6.45, 7) is 5.06. The van der Waals surface area contributed by atoms with E-state index in [1.807, 2.05) is 22.9 Å². The first-order valence-electron chi connectivity index (χ1n) is 10.2. The van der Waals surface area contributed by atoms with Gasteiger partial charge in [-0.15, -0.1) is 0 Å². The van der Waals surface area contributed by atoms with Gasteiger partial charge in [0.05, 0.1) is 18.2 Å². The van der Waals surface area contributed by atoms with E-state index in [1.165, 1.54) is 11.1 Å². The summed E-state index contributed by atoms with van der Waals surface area (Å²) in [5, 5.41) is 14.3. The van der Waals surface area contributed by atoms with Crippen LogP contribution in [-0.2, 0) is 17.9 Å². The maximum atomic E-state index is 11.4. The van der Waals surface area contributed by atoms with Crippen LogP contribution in [0.3, 0.4) is 0 Å². The molecular formula is C24H27N3O2. The van der Waals surface area contributed by atoms with Crippen LogP contribution in [0.1, 0.15) is 29.5 Å². The number of carboxylic acids is 1. The molecule has 0 aliphatic carbocycles. The minimum Gasteiger partial charge on any atom is -0.481 e. The van der Waals surface area contributed by atoms with Crippen molar-refractivity contribution in [3.63, 3.8) is 0 Å². The molecule has 4 rings (SSSR count). The van der Waals surface area contributed by atoms with Gasteiger partial charge in [-0.25, -0.2) is 0 Å². The third-order valence-corrected chi connectivity index (χ3v) is 5.60. The summed E-state index contributed by atoms with van der Waals surface area (Å²) >= 11 is 0. The summed E-state index contributed by atoms with van der Waals surface area (Å²) < 4.78 is 2.00. The van der Waals surface area contributed by atoms with E-state index < -0.39 is 5.97 Å². The Morgan fingerprint density at radius 1 is 1.10 bits per heavy atom. The van der Waals surface area contributed by atoms with Crippen molar-refractivity contribution in [3.8, 4) is 11.3 Å². The summed E-state index contributed by atoms with van der Waals surface area (Å²) in [7, 11) is 0. The maximum absolute atomic E-state index is 11.4. The fraction of sp³-hybridized carbons (Fsp3) is 0.333. The molecule has 1 N–H and O–H groups in total. The lowest BCUT2D eigenvalue weighted by Crippen LogP contribution is -2.38. The zero-order chi connectivity index (χ0) is 20.2. The van der Waals surface area contributed by atoms with Crippen LogP contribution in [0.5, 0.6) is 0 Å². The molecule has 3 aromatic rings. The third-order valence-electron chi connectivity index (χ3n) is 5.60. The normalized spacial score (nSPS) is 17.3. The van der Waals surface area contributed by atoms with E-state index in [0.717, 1.165) is 49.3 Å². The third kappa shape index (κ3) is 4.74. The van der Waals surface area contributed by atoms with Crippen LogP contribution < -0.4 is 0 Å². The van der Waals surface area contributed by atoms with E-state index in [1.54, 1.807) is 0 Å². The second-order valence-corrected chi connectivity index (χ2v) is 7.96. The minimum absolute atomic E-state index is 0.272. The number of hydrogen-bond donors (Lipinski definition) is 1. The van der Waals surface area contributed by atoms with Crippen molar-refractivity contribution in [3.05, 3.63) is 77.5 Å². The number of carboxylic acid groups (broad SMARTS) is 1. The molecule has 1 aromatic heterocycles. The molecule has 1 aliphatic heterocycles. The van der Waals surface area contributed by atoms with Crippen LogP contribution in [0.4, 0.5) is 0 Å². The minimum atomic E-state index is -0.687. The first kappa shape index (κ1) is 19.4. The summed E-state index contributed by atoms with van der Waals surface area (Å²) in [4.78, 5) is 13.7. The number of aliphatic carboxylic acids is 1. The molecule has 5 heteroatoms. The van der Waals surface area contributed by atoms with Crippen molar-refractivity contribution in [2.75, 3.05) is 13.1 Å². The Morgan fingerprint density at radius 2 is 1.86 bits per heavy atom. The molecule has 5 nitrogen and oxygen atoms in total. The van der Waals surface area contributed by atoms with E-state index in [-0.39, 0.29) is 5.92 Å². The molecule has 0 radical (unpaired) electrons. The number of hydrogen-bond acceptors (Lipinski definition) is 3. The van der Waals surface area contributed by atoms with Gasteiger partial charge < -0.3 is 5.11 Å². The van der Waals surface area contributed by atoms with Gasteiger partial charge in [0.25, 0.3) is 0 Å². The molecule has 2 heterocycles. The van der Waals surface area contributed by atoms with Crippen molar-refractivity contribution in [1.82, 2.24) is 14.7 Å². The zero-order valence-corrected chi connectivity index (χ0v) is 16.8. The van der Waals surface area contributed by atoms with Gasteiger partial charge >= 0.3 is 5.97 Å². The first-order valence-corrected chi connectivity index (χ1v) is 10.2. The van der Waals surface area contributed by atoms with Crippen molar-refractivity contribution < 1.29 is 9.90 Å². The van der Waals surface area contributed by atoms with E-state index in [2.05, 4.69) is 54.4 Å². The van der Waals surface area contributed by atoms with Crippen molar-refractivity contribution in [2.45, 2.75) is 32.9 Å². The maximum Gasteiger partial charge on any atom is 0.307 e. The highest BCUT2D eigenvalue weighted by molar-refractivity contribution is 5.70. The SMILES string of the molecule is Cc1ccc(-c2nn(Cc3ccccc3)cc2CN2CCCC(C(=O)O)C2)cc1. The van der Waals surface area contributed by atoms with Crippen LogP contribution in [-0.4, -0.2) is 38.8 Å². The Kier molecular flexibility index (Phi) is 5.76. The van der Waals surface area contributed by atoms with Gasteiger partial charge in [-0.05, 0) is 31.9 Å². The highest BCUT2D eigenvalue weighted by Gasteiger charge is 2.26. The monoisotopic (exact) mass is 389 g/mol.